The summed E-state index contributed by atoms with van der Waals surface area (Å²) in [4.78, 5) is 16.7. The van der Waals surface area contributed by atoms with Crippen molar-refractivity contribution >= 4 is 38.9 Å². The Labute approximate surface area is 159 Å². The van der Waals surface area contributed by atoms with Crippen LogP contribution in [0.4, 0.5) is 11.4 Å². The molecule has 3 aromatic carbocycles. The highest BCUT2D eigenvalue weighted by molar-refractivity contribution is 9.10. The number of fused-ring (bicyclic) bond motifs is 1. The summed E-state index contributed by atoms with van der Waals surface area (Å²) in [6.07, 6.45) is 0. The number of rotatable bonds is 3. The number of aliphatic imine (C=N–C) groups is 1. The summed E-state index contributed by atoms with van der Waals surface area (Å²) in [7, 11) is 0. The molecule has 4 rings (SSSR count). The molecule has 1 heterocycles. The molecule has 0 saturated heterocycles. The number of nitrogens with one attached hydrogen (secondary N) is 1. The molecule has 1 N–H and O–H groups in total. The van der Waals surface area contributed by atoms with Gasteiger partial charge in [0.15, 0.2) is 0 Å². The topological polar surface area (TPSA) is 50.7 Å². The minimum Gasteiger partial charge on any atom is -0.457 e. The molecule has 1 amide bonds. The van der Waals surface area contributed by atoms with Crippen LogP contribution in [0.1, 0.15) is 11.1 Å². The Morgan fingerprint density at radius 2 is 1.77 bits per heavy atom. The molecule has 0 atom stereocenters. The lowest BCUT2D eigenvalue weighted by Gasteiger charge is -2.08. The molecular weight excluding hydrogens is 392 g/mol. The third-order valence-electron chi connectivity index (χ3n) is 4.10. The Morgan fingerprint density at radius 3 is 2.54 bits per heavy atom. The van der Waals surface area contributed by atoms with Crippen LogP contribution in [0.2, 0.25) is 0 Å². The highest BCUT2D eigenvalue weighted by atomic mass is 79.9. The number of halogens is 1. The number of carbonyl (C=O) groups excluding carboxylic acids is 1. The van der Waals surface area contributed by atoms with Gasteiger partial charge >= 0.3 is 0 Å². The first-order valence-electron chi connectivity index (χ1n) is 8.14. The van der Waals surface area contributed by atoms with Crippen LogP contribution in [0, 0.1) is 6.92 Å². The Balaban J connectivity index is 1.60. The number of anilines is 1. The number of para-hydroxylation sites is 1. The quantitative estimate of drug-likeness (QED) is 0.613. The number of nitrogens with zero attached hydrogens (tertiary/aromatic N) is 1. The van der Waals surface area contributed by atoms with E-state index in [2.05, 4.69) is 26.2 Å². The zero-order valence-electron chi connectivity index (χ0n) is 14.0. The Hall–Kier alpha value is -2.92. The van der Waals surface area contributed by atoms with Crippen molar-refractivity contribution in [3.05, 3.63) is 82.3 Å². The third kappa shape index (κ3) is 3.26. The largest absolute Gasteiger partial charge is 0.457 e. The first-order chi connectivity index (χ1) is 12.6. The molecule has 1 aliphatic rings. The molecule has 1 aliphatic heterocycles. The van der Waals surface area contributed by atoms with E-state index in [1.54, 1.807) is 0 Å². The SMILES string of the molecule is Cc1ccccc1Oc1ccc(N=C2C(=O)Nc3ccc(Br)cc32)cc1. The number of hydrogen-bond acceptors (Lipinski definition) is 3. The van der Waals surface area contributed by atoms with Crippen molar-refractivity contribution in [2.24, 2.45) is 4.99 Å². The highest BCUT2D eigenvalue weighted by Crippen LogP contribution is 2.30. The predicted octanol–water partition coefficient (Wildman–Crippen LogP) is 5.62. The van der Waals surface area contributed by atoms with Gasteiger partial charge in [0, 0.05) is 10.0 Å². The fourth-order valence-corrected chi connectivity index (χ4v) is 3.11. The lowest BCUT2D eigenvalue weighted by Crippen LogP contribution is -2.13. The monoisotopic (exact) mass is 406 g/mol. The minimum atomic E-state index is -0.196. The average Bonchev–Trinajstić information content (AvgIpc) is 2.94. The van der Waals surface area contributed by atoms with Gasteiger partial charge in [-0.25, -0.2) is 4.99 Å². The second kappa shape index (κ2) is 6.77. The van der Waals surface area contributed by atoms with Gasteiger partial charge in [0.2, 0.25) is 0 Å². The average molecular weight is 407 g/mol. The van der Waals surface area contributed by atoms with E-state index in [1.807, 2.05) is 73.7 Å². The molecule has 0 bridgehead atoms. The van der Waals surface area contributed by atoms with Crippen molar-refractivity contribution in [2.75, 3.05) is 5.32 Å². The van der Waals surface area contributed by atoms with Crippen LogP contribution in [0.15, 0.2) is 76.2 Å². The van der Waals surface area contributed by atoms with Gasteiger partial charge in [-0.05, 0) is 61.0 Å². The molecule has 128 valence electrons. The molecule has 0 unspecified atom stereocenters. The lowest BCUT2D eigenvalue weighted by molar-refractivity contribution is -0.110. The molecule has 0 aliphatic carbocycles. The summed E-state index contributed by atoms with van der Waals surface area (Å²) in [5.74, 6) is 1.35. The van der Waals surface area contributed by atoms with Gasteiger partial charge in [0.25, 0.3) is 5.91 Å². The molecule has 0 saturated carbocycles. The van der Waals surface area contributed by atoms with Crippen LogP contribution in [-0.4, -0.2) is 11.6 Å². The molecule has 26 heavy (non-hydrogen) atoms. The van der Waals surface area contributed by atoms with Gasteiger partial charge in [-0.2, -0.15) is 0 Å². The van der Waals surface area contributed by atoms with Crippen LogP contribution in [0.3, 0.4) is 0 Å². The summed E-state index contributed by atoms with van der Waals surface area (Å²) < 4.78 is 6.80. The van der Waals surface area contributed by atoms with Crippen molar-refractivity contribution in [3.8, 4) is 11.5 Å². The number of ether oxygens (including phenoxy) is 1. The fraction of sp³-hybridized carbons (Fsp3) is 0.0476. The van der Waals surface area contributed by atoms with Crippen LogP contribution >= 0.6 is 15.9 Å². The lowest BCUT2D eigenvalue weighted by atomic mass is 10.1. The second-order valence-corrected chi connectivity index (χ2v) is 6.88. The second-order valence-electron chi connectivity index (χ2n) is 5.97. The van der Waals surface area contributed by atoms with E-state index in [0.29, 0.717) is 11.4 Å². The summed E-state index contributed by atoms with van der Waals surface area (Å²) in [6.45, 7) is 2.00. The Kier molecular flexibility index (Phi) is 4.31. The maximum atomic E-state index is 12.2. The van der Waals surface area contributed by atoms with Crippen molar-refractivity contribution < 1.29 is 9.53 Å². The van der Waals surface area contributed by atoms with E-state index in [1.165, 1.54) is 0 Å². The number of amides is 1. The number of hydrogen-bond donors (Lipinski definition) is 1. The molecule has 0 fully saturated rings. The third-order valence-corrected chi connectivity index (χ3v) is 4.59. The molecule has 3 aromatic rings. The molecular formula is C21H15BrN2O2. The van der Waals surface area contributed by atoms with Crippen LogP contribution in [0.25, 0.3) is 0 Å². The van der Waals surface area contributed by atoms with Gasteiger partial charge < -0.3 is 10.1 Å². The van der Waals surface area contributed by atoms with E-state index >= 15 is 0 Å². The summed E-state index contributed by atoms with van der Waals surface area (Å²) >= 11 is 3.43. The van der Waals surface area contributed by atoms with Crippen LogP contribution in [0.5, 0.6) is 11.5 Å². The van der Waals surface area contributed by atoms with E-state index in [4.69, 9.17) is 4.74 Å². The highest BCUT2D eigenvalue weighted by Gasteiger charge is 2.26. The molecule has 4 nitrogen and oxygen atoms in total. The fourth-order valence-electron chi connectivity index (χ4n) is 2.75. The molecule has 0 radical (unpaired) electrons. The van der Waals surface area contributed by atoms with Crippen molar-refractivity contribution in [2.45, 2.75) is 6.92 Å². The van der Waals surface area contributed by atoms with E-state index in [-0.39, 0.29) is 5.91 Å². The smallest absolute Gasteiger partial charge is 0.275 e. The molecule has 5 heteroatoms. The summed E-state index contributed by atoms with van der Waals surface area (Å²) in [6, 6.07) is 20.9. The van der Waals surface area contributed by atoms with Gasteiger partial charge in [0.1, 0.15) is 17.2 Å². The normalized spacial score (nSPS) is 14.2. The summed E-state index contributed by atoms with van der Waals surface area (Å²) in [5.41, 5.74) is 3.75. The molecule has 0 spiro atoms. The van der Waals surface area contributed by atoms with Crippen LogP contribution in [-0.2, 0) is 4.79 Å². The van der Waals surface area contributed by atoms with E-state index < -0.39 is 0 Å². The zero-order chi connectivity index (χ0) is 18.1. The number of carbonyl (C=O) groups is 1. The first-order valence-corrected chi connectivity index (χ1v) is 8.93. The van der Waals surface area contributed by atoms with Gasteiger partial charge in [-0.3, -0.25) is 4.79 Å². The predicted molar refractivity (Wildman–Crippen MR) is 107 cm³/mol. The standard InChI is InChI=1S/C21H15BrN2O2/c1-13-4-2-3-5-19(13)26-16-9-7-15(8-10-16)23-20-17-12-14(22)6-11-18(17)24-21(20)25/h2-12H,1H3,(H,23,24,25). The maximum Gasteiger partial charge on any atom is 0.275 e. The van der Waals surface area contributed by atoms with Gasteiger partial charge in [-0.15, -0.1) is 0 Å². The van der Waals surface area contributed by atoms with Gasteiger partial charge in [-0.1, -0.05) is 34.1 Å². The van der Waals surface area contributed by atoms with Gasteiger partial charge in [0.05, 0.1) is 11.4 Å². The van der Waals surface area contributed by atoms with E-state index in [9.17, 15) is 4.79 Å². The molecule has 0 aromatic heterocycles. The first kappa shape index (κ1) is 16.5. The summed E-state index contributed by atoms with van der Waals surface area (Å²) in [5, 5.41) is 2.83. The number of aryl methyl sites for hydroxylation is 1. The minimum absolute atomic E-state index is 0.196. The maximum absolute atomic E-state index is 12.2. The Morgan fingerprint density at radius 1 is 1.00 bits per heavy atom. The van der Waals surface area contributed by atoms with Crippen molar-refractivity contribution in [1.29, 1.82) is 0 Å². The Bertz CT molecular complexity index is 1030. The number of benzene rings is 3. The van der Waals surface area contributed by atoms with Crippen molar-refractivity contribution in [1.82, 2.24) is 0 Å². The van der Waals surface area contributed by atoms with Crippen molar-refractivity contribution in [3.63, 3.8) is 0 Å². The van der Waals surface area contributed by atoms with Crippen LogP contribution < -0.4 is 10.1 Å². The zero-order valence-corrected chi connectivity index (χ0v) is 15.6. The van der Waals surface area contributed by atoms with E-state index in [0.717, 1.165) is 32.8 Å².